The quantitative estimate of drug-likeness (QED) is 0.274. The predicted octanol–water partition coefficient (Wildman–Crippen LogP) is 9.71. The minimum atomic E-state index is 0.923. The third kappa shape index (κ3) is 2.67. The van der Waals surface area contributed by atoms with E-state index in [2.05, 4.69) is 120 Å². The van der Waals surface area contributed by atoms with Gasteiger partial charge in [-0.15, -0.1) is 0 Å². The molecule has 6 aromatic carbocycles. The summed E-state index contributed by atoms with van der Waals surface area (Å²) in [6.45, 7) is 0. The molecular weight excluding hydrogens is 438 g/mol. The number of furan rings is 1. The van der Waals surface area contributed by atoms with Crippen molar-refractivity contribution in [1.29, 1.82) is 0 Å². The van der Waals surface area contributed by atoms with E-state index in [4.69, 9.17) is 4.42 Å². The van der Waals surface area contributed by atoms with Gasteiger partial charge in [-0.05, 0) is 10.9 Å². The van der Waals surface area contributed by atoms with Crippen molar-refractivity contribution in [1.82, 2.24) is 4.98 Å². The summed E-state index contributed by atoms with van der Waals surface area (Å²) >= 11 is 0. The SMILES string of the molecule is c1ccc(-c2cccc3c2oc2c(-c4cccc5c4[nH]c4c6ccccc6ccc54)cccc23)cc1. The van der Waals surface area contributed by atoms with Gasteiger partial charge in [-0.3, -0.25) is 0 Å². The molecule has 8 rings (SSSR count). The topological polar surface area (TPSA) is 28.9 Å². The molecular formula is C34H21NO. The van der Waals surface area contributed by atoms with E-state index in [1.807, 2.05) is 6.07 Å². The molecule has 2 heteroatoms. The molecule has 2 aromatic heterocycles. The van der Waals surface area contributed by atoms with Crippen LogP contribution in [0.15, 0.2) is 126 Å². The first-order chi connectivity index (χ1) is 17.9. The number of aromatic amines is 1. The van der Waals surface area contributed by atoms with Gasteiger partial charge in [0.15, 0.2) is 0 Å². The lowest BCUT2D eigenvalue weighted by Gasteiger charge is -2.05. The fourth-order valence-corrected chi connectivity index (χ4v) is 5.77. The molecule has 2 heterocycles. The van der Waals surface area contributed by atoms with Crippen LogP contribution in [0.4, 0.5) is 0 Å². The lowest BCUT2D eigenvalue weighted by molar-refractivity contribution is 0.671. The fraction of sp³-hybridized carbons (Fsp3) is 0. The Kier molecular flexibility index (Phi) is 3.97. The summed E-state index contributed by atoms with van der Waals surface area (Å²) in [7, 11) is 0. The largest absolute Gasteiger partial charge is 0.455 e. The lowest BCUT2D eigenvalue weighted by atomic mass is 9.98. The molecule has 0 saturated carbocycles. The van der Waals surface area contributed by atoms with Gasteiger partial charge < -0.3 is 9.40 Å². The number of para-hydroxylation sites is 3. The second-order valence-electron chi connectivity index (χ2n) is 9.39. The standard InChI is InChI=1S/C34H21NO/c1-2-9-21(10-3-1)24-13-6-17-29-30-18-8-16-28(34(30)36-33(24)29)26-15-7-14-25-27-20-19-22-11-4-5-12-23(22)31(27)35-32(25)26/h1-20,35H. The van der Waals surface area contributed by atoms with Gasteiger partial charge in [0.2, 0.25) is 0 Å². The Hall–Kier alpha value is -4.82. The predicted molar refractivity (Wildman–Crippen MR) is 151 cm³/mol. The maximum Gasteiger partial charge on any atom is 0.143 e. The highest BCUT2D eigenvalue weighted by Crippen LogP contribution is 2.42. The molecule has 0 aliphatic carbocycles. The van der Waals surface area contributed by atoms with Crippen molar-refractivity contribution >= 4 is 54.5 Å². The van der Waals surface area contributed by atoms with Crippen molar-refractivity contribution in [2.24, 2.45) is 0 Å². The smallest absolute Gasteiger partial charge is 0.143 e. The van der Waals surface area contributed by atoms with Crippen molar-refractivity contribution in [2.75, 3.05) is 0 Å². The second-order valence-corrected chi connectivity index (χ2v) is 9.39. The highest BCUT2D eigenvalue weighted by atomic mass is 16.3. The van der Waals surface area contributed by atoms with Crippen molar-refractivity contribution in [3.63, 3.8) is 0 Å². The number of rotatable bonds is 2. The average Bonchev–Trinajstić information content (AvgIpc) is 3.52. The molecule has 0 bridgehead atoms. The van der Waals surface area contributed by atoms with Gasteiger partial charge in [0.25, 0.3) is 0 Å². The first-order valence-corrected chi connectivity index (χ1v) is 12.3. The van der Waals surface area contributed by atoms with Crippen LogP contribution in [0.5, 0.6) is 0 Å². The third-order valence-electron chi connectivity index (χ3n) is 7.43. The molecule has 168 valence electrons. The van der Waals surface area contributed by atoms with E-state index in [0.29, 0.717) is 0 Å². The molecule has 2 nitrogen and oxygen atoms in total. The van der Waals surface area contributed by atoms with Crippen LogP contribution in [0.3, 0.4) is 0 Å². The Balaban J connectivity index is 1.44. The van der Waals surface area contributed by atoms with Crippen LogP contribution in [0.25, 0.3) is 76.8 Å². The highest BCUT2D eigenvalue weighted by Gasteiger charge is 2.18. The second kappa shape index (κ2) is 7.34. The molecule has 0 aliphatic heterocycles. The molecule has 0 aliphatic rings. The zero-order valence-corrected chi connectivity index (χ0v) is 19.5. The van der Waals surface area contributed by atoms with Crippen LogP contribution in [-0.4, -0.2) is 4.98 Å². The Morgan fingerprint density at radius 3 is 1.83 bits per heavy atom. The number of H-pyrrole nitrogens is 1. The Labute approximate surface area is 207 Å². The van der Waals surface area contributed by atoms with Crippen molar-refractivity contribution in [3.05, 3.63) is 121 Å². The molecule has 36 heavy (non-hydrogen) atoms. The van der Waals surface area contributed by atoms with Crippen molar-refractivity contribution < 1.29 is 4.42 Å². The Morgan fingerprint density at radius 2 is 1.00 bits per heavy atom. The maximum atomic E-state index is 6.70. The van der Waals surface area contributed by atoms with E-state index in [-0.39, 0.29) is 0 Å². The molecule has 1 N–H and O–H groups in total. The molecule has 0 saturated heterocycles. The number of hydrogen-bond acceptors (Lipinski definition) is 1. The number of benzene rings is 6. The molecule has 0 fully saturated rings. The number of hydrogen-bond donors (Lipinski definition) is 1. The molecule has 0 atom stereocenters. The molecule has 0 radical (unpaired) electrons. The number of fused-ring (bicyclic) bond motifs is 8. The lowest BCUT2D eigenvalue weighted by Crippen LogP contribution is -1.81. The van der Waals surface area contributed by atoms with Gasteiger partial charge in [-0.2, -0.15) is 0 Å². The van der Waals surface area contributed by atoms with E-state index >= 15 is 0 Å². The van der Waals surface area contributed by atoms with Gasteiger partial charge in [-0.1, -0.05) is 121 Å². The zero-order chi connectivity index (χ0) is 23.6. The van der Waals surface area contributed by atoms with Crippen molar-refractivity contribution in [3.8, 4) is 22.3 Å². The zero-order valence-electron chi connectivity index (χ0n) is 19.5. The Morgan fingerprint density at radius 1 is 0.389 bits per heavy atom. The van der Waals surface area contributed by atoms with Gasteiger partial charge in [0, 0.05) is 43.6 Å². The molecule has 0 unspecified atom stereocenters. The monoisotopic (exact) mass is 459 g/mol. The molecule has 0 spiro atoms. The molecule has 0 amide bonds. The first-order valence-electron chi connectivity index (χ1n) is 12.3. The van der Waals surface area contributed by atoms with Gasteiger partial charge in [-0.25, -0.2) is 0 Å². The summed E-state index contributed by atoms with van der Waals surface area (Å²) in [5, 5.41) is 7.24. The normalized spacial score (nSPS) is 11.9. The molecule has 8 aromatic rings. The van der Waals surface area contributed by atoms with Crippen LogP contribution in [0.1, 0.15) is 0 Å². The summed E-state index contributed by atoms with van der Waals surface area (Å²) in [6.07, 6.45) is 0. The highest BCUT2D eigenvalue weighted by molar-refractivity contribution is 6.21. The van der Waals surface area contributed by atoms with E-state index in [1.165, 1.54) is 27.1 Å². The van der Waals surface area contributed by atoms with E-state index in [0.717, 1.165) is 49.7 Å². The van der Waals surface area contributed by atoms with Crippen LogP contribution >= 0.6 is 0 Å². The first kappa shape index (κ1) is 19.5. The van der Waals surface area contributed by atoms with E-state index < -0.39 is 0 Å². The minimum Gasteiger partial charge on any atom is -0.455 e. The minimum absolute atomic E-state index is 0.923. The summed E-state index contributed by atoms with van der Waals surface area (Å²) in [5.41, 5.74) is 8.70. The van der Waals surface area contributed by atoms with E-state index in [1.54, 1.807) is 0 Å². The average molecular weight is 460 g/mol. The maximum absolute atomic E-state index is 6.70. The summed E-state index contributed by atoms with van der Waals surface area (Å²) in [4.78, 5) is 3.78. The summed E-state index contributed by atoms with van der Waals surface area (Å²) in [6, 6.07) is 42.9. The van der Waals surface area contributed by atoms with Crippen LogP contribution in [-0.2, 0) is 0 Å². The van der Waals surface area contributed by atoms with Crippen LogP contribution in [0, 0.1) is 0 Å². The third-order valence-corrected chi connectivity index (χ3v) is 7.43. The summed E-state index contributed by atoms with van der Waals surface area (Å²) in [5.74, 6) is 0. The van der Waals surface area contributed by atoms with Gasteiger partial charge in [0.1, 0.15) is 11.2 Å². The fourth-order valence-electron chi connectivity index (χ4n) is 5.77. The Bertz CT molecular complexity index is 2090. The van der Waals surface area contributed by atoms with Gasteiger partial charge in [0.05, 0.1) is 11.0 Å². The van der Waals surface area contributed by atoms with Crippen LogP contribution in [0.2, 0.25) is 0 Å². The van der Waals surface area contributed by atoms with Crippen molar-refractivity contribution in [2.45, 2.75) is 0 Å². The van der Waals surface area contributed by atoms with E-state index in [9.17, 15) is 0 Å². The number of nitrogens with one attached hydrogen (secondary N) is 1. The number of aromatic nitrogens is 1. The van der Waals surface area contributed by atoms with Gasteiger partial charge >= 0.3 is 0 Å². The van der Waals surface area contributed by atoms with Crippen LogP contribution < -0.4 is 0 Å². The summed E-state index contributed by atoms with van der Waals surface area (Å²) < 4.78 is 6.70.